The van der Waals surface area contributed by atoms with Gasteiger partial charge in [0.25, 0.3) is 5.91 Å². The molecule has 0 fully saturated rings. The highest BCUT2D eigenvalue weighted by Gasteiger charge is 2.06. The quantitative estimate of drug-likeness (QED) is 0.724. The van der Waals surface area contributed by atoms with E-state index >= 15 is 0 Å². The maximum absolute atomic E-state index is 10.9. The molecule has 0 saturated heterocycles. The number of hydrogen-bond donors (Lipinski definition) is 2. The van der Waals surface area contributed by atoms with Crippen molar-refractivity contribution in [2.45, 2.75) is 0 Å². The normalized spacial score (nSPS) is 9.82. The second kappa shape index (κ2) is 3.98. The second-order valence-corrected chi connectivity index (χ2v) is 3.42. The van der Waals surface area contributed by atoms with Gasteiger partial charge in [-0.15, -0.1) is 0 Å². The van der Waals surface area contributed by atoms with E-state index in [0.29, 0.717) is 22.5 Å². The molecule has 0 radical (unpaired) electrons. The number of nitrogens with zero attached hydrogens (tertiary/aromatic N) is 3. The van der Waals surface area contributed by atoms with Crippen molar-refractivity contribution in [3.63, 3.8) is 0 Å². The van der Waals surface area contributed by atoms with Gasteiger partial charge in [-0.1, -0.05) is 0 Å². The molecule has 0 aliphatic heterocycles. The van der Waals surface area contributed by atoms with E-state index in [1.807, 2.05) is 6.07 Å². The standard InChI is InChI=1S/C11H9N5O/c12-4-7-1-2-9(3-10(7)13)16-6-8(5-15-16)11(14)17/h1-3,5-6H,13H2,(H2,14,17). The Bertz CT molecular complexity index is 623. The van der Waals surface area contributed by atoms with Crippen LogP contribution in [0.4, 0.5) is 5.69 Å². The van der Waals surface area contributed by atoms with Gasteiger partial charge < -0.3 is 11.5 Å². The van der Waals surface area contributed by atoms with Crippen molar-refractivity contribution in [1.29, 1.82) is 5.26 Å². The molecular weight excluding hydrogens is 218 g/mol. The smallest absolute Gasteiger partial charge is 0.251 e. The lowest BCUT2D eigenvalue weighted by Crippen LogP contribution is -2.09. The third-order valence-electron chi connectivity index (χ3n) is 2.29. The van der Waals surface area contributed by atoms with Gasteiger partial charge in [-0.3, -0.25) is 4.79 Å². The van der Waals surface area contributed by atoms with Crippen LogP contribution >= 0.6 is 0 Å². The summed E-state index contributed by atoms with van der Waals surface area (Å²) in [5.41, 5.74) is 12.5. The van der Waals surface area contributed by atoms with Gasteiger partial charge in [-0.05, 0) is 18.2 Å². The lowest BCUT2D eigenvalue weighted by atomic mass is 10.2. The molecule has 0 saturated carbocycles. The largest absolute Gasteiger partial charge is 0.398 e. The summed E-state index contributed by atoms with van der Waals surface area (Å²) in [6.07, 6.45) is 2.87. The Hall–Kier alpha value is -2.81. The number of hydrogen-bond acceptors (Lipinski definition) is 4. The Kier molecular flexibility index (Phi) is 2.51. The van der Waals surface area contributed by atoms with Gasteiger partial charge in [0.15, 0.2) is 0 Å². The molecule has 2 rings (SSSR count). The predicted molar refractivity (Wildman–Crippen MR) is 61.2 cm³/mol. The summed E-state index contributed by atoms with van der Waals surface area (Å²) < 4.78 is 1.47. The molecular formula is C11H9N5O. The van der Waals surface area contributed by atoms with E-state index in [9.17, 15) is 4.79 Å². The SMILES string of the molecule is N#Cc1ccc(-n2cc(C(N)=O)cn2)cc1N. The molecule has 6 nitrogen and oxygen atoms in total. The van der Waals surface area contributed by atoms with Crippen LogP contribution in [-0.2, 0) is 0 Å². The first-order valence-corrected chi connectivity index (χ1v) is 4.76. The maximum atomic E-state index is 10.9. The van der Waals surface area contributed by atoms with Gasteiger partial charge in [0, 0.05) is 6.20 Å². The van der Waals surface area contributed by atoms with E-state index in [1.54, 1.807) is 18.2 Å². The number of rotatable bonds is 2. The van der Waals surface area contributed by atoms with Crippen molar-refractivity contribution in [3.8, 4) is 11.8 Å². The summed E-state index contributed by atoms with van der Waals surface area (Å²) in [6.45, 7) is 0. The summed E-state index contributed by atoms with van der Waals surface area (Å²) in [5, 5.41) is 12.7. The van der Waals surface area contributed by atoms with Crippen LogP contribution < -0.4 is 11.5 Å². The van der Waals surface area contributed by atoms with Crippen LogP contribution in [0.1, 0.15) is 15.9 Å². The molecule has 0 spiro atoms. The fourth-order valence-electron chi connectivity index (χ4n) is 1.39. The van der Waals surface area contributed by atoms with Crippen molar-refractivity contribution >= 4 is 11.6 Å². The highest BCUT2D eigenvalue weighted by atomic mass is 16.1. The predicted octanol–water partition coefficient (Wildman–Crippen LogP) is 0.425. The molecule has 2 aromatic rings. The molecule has 4 N–H and O–H groups in total. The minimum absolute atomic E-state index is 0.313. The molecule has 1 aromatic carbocycles. The van der Waals surface area contributed by atoms with E-state index < -0.39 is 5.91 Å². The van der Waals surface area contributed by atoms with Crippen LogP contribution in [0.15, 0.2) is 30.6 Å². The lowest BCUT2D eigenvalue weighted by Gasteiger charge is -2.03. The first kappa shape index (κ1) is 10.7. The van der Waals surface area contributed by atoms with Gasteiger partial charge in [0.1, 0.15) is 6.07 Å². The Balaban J connectivity index is 2.43. The fourth-order valence-corrected chi connectivity index (χ4v) is 1.39. The Morgan fingerprint density at radius 1 is 1.47 bits per heavy atom. The zero-order valence-electron chi connectivity index (χ0n) is 8.79. The number of amides is 1. The number of carbonyl (C=O) groups is 1. The number of aromatic nitrogens is 2. The molecule has 0 unspecified atom stereocenters. The number of nitrogen functional groups attached to an aromatic ring is 1. The number of nitriles is 1. The van der Waals surface area contributed by atoms with Crippen LogP contribution in [0, 0.1) is 11.3 Å². The van der Waals surface area contributed by atoms with Crippen molar-refractivity contribution in [1.82, 2.24) is 9.78 Å². The van der Waals surface area contributed by atoms with E-state index in [-0.39, 0.29) is 0 Å². The molecule has 0 bridgehead atoms. The third-order valence-corrected chi connectivity index (χ3v) is 2.29. The number of benzene rings is 1. The average molecular weight is 227 g/mol. The highest BCUT2D eigenvalue weighted by Crippen LogP contribution is 2.16. The monoisotopic (exact) mass is 227 g/mol. The highest BCUT2D eigenvalue weighted by molar-refractivity contribution is 5.92. The molecule has 0 aliphatic rings. The maximum Gasteiger partial charge on any atom is 0.251 e. The van der Waals surface area contributed by atoms with Gasteiger partial charge in [0.05, 0.1) is 28.7 Å². The summed E-state index contributed by atoms with van der Waals surface area (Å²) in [5.74, 6) is -0.544. The van der Waals surface area contributed by atoms with E-state index in [1.165, 1.54) is 17.1 Å². The third kappa shape index (κ3) is 1.94. The number of anilines is 1. The topological polar surface area (TPSA) is 111 Å². The Morgan fingerprint density at radius 3 is 2.76 bits per heavy atom. The fraction of sp³-hybridized carbons (Fsp3) is 0. The second-order valence-electron chi connectivity index (χ2n) is 3.42. The lowest BCUT2D eigenvalue weighted by molar-refractivity contribution is 0.100. The summed E-state index contributed by atoms with van der Waals surface area (Å²) in [4.78, 5) is 10.9. The van der Waals surface area contributed by atoms with Crippen molar-refractivity contribution in [2.75, 3.05) is 5.73 Å². The molecule has 84 valence electrons. The molecule has 6 heteroatoms. The van der Waals surface area contributed by atoms with Crippen molar-refractivity contribution < 1.29 is 4.79 Å². The zero-order valence-corrected chi connectivity index (χ0v) is 8.79. The van der Waals surface area contributed by atoms with E-state index in [0.717, 1.165) is 0 Å². The Labute approximate surface area is 97.1 Å². The van der Waals surface area contributed by atoms with Crippen molar-refractivity contribution in [2.24, 2.45) is 5.73 Å². The minimum Gasteiger partial charge on any atom is -0.398 e. The van der Waals surface area contributed by atoms with Crippen LogP contribution in [0.25, 0.3) is 5.69 Å². The molecule has 17 heavy (non-hydrogen) atoms. The molecule has 0 atom stereocenters. The minimum atomic E-state index is -0.544. The summed E-state index contributed by atoms with van der Waals surface area (Å²) in [7, 11) is 0. The van der Waals surface area contributed by atoms with Crippen LogP contribution in [0.3, 0.4) is 0 Å². The first-order valence-electron chi connectivity index (χ1n) is 4.76. The van der Waals surface area contributed by atoms with Crippen LogP contribution in [-0.4, -0.2) is 15.7 Å². The average Bonchev–Trinajstić information content (AvgIpc) is 2.78. The van der Waals surface area contributed by atoms with Gasteiger partial charge in [0.2, 0.25) is 0 Å². The summed E-state index contributed by atoms with van der Waals surface area (Å²) >= 11 is 0. The number of nitrogens with two attached hydrogens (primary N) is 2. The molecule has 1 aromatic heterocycles. The molecule has 1 amide bonds. The van der Waals surface area contributed by atoms with Gasteiger partial charge in [-0.2, -0.15) is 10.4 Å². The number of primary amides is 1. The van der Waals surface area contributed by atoms with E-state index in [4.69, 9.17) is 16.7 Å². The first-order chi connectivity index (χ1) is 8.11. The Morgan fingerprint density at radius 2 is 2.24 bits per heavy atom. The van der Waals surface area contributed by atoms with E-state index in [2.05, 4.69) is 5.10 Å². The summed E-state index contributed by atoms with van der Waals surface area (Å²) in [6, 6.07) is 6.86. The zero-order chi connectivity index (χ0) is 12.4. The van der Waals surface area contributed by atoms with Crippen LogP contribution in [0.2, 0.25) is 0 Å². The molecule has 0 aliphatic carbocycles. The molecule has 1 heterocycles. The van der Waals surface area contributed by atoms with Gasteiger partial charge in [-0.25, -0.2) is 4.68 Å². The van der Waals surface area contributed by atoms with Crippen molar-refractivity contribution in [3.05, 3.63) is 41.7 Å². The van der Waals surface area contributed by atoms with Crippen LogP contribution in [0.5, 0.6) is 0 Å². The van der Waals surface area contributed by atoms with Gasteiger partial charge >= 0.3 is 0 Å². The number of carbonyl (C=O) groups excluding carboxylic acids is 1.